The molecule has 0 atom stereocenters. The van der Waals surface area contributed by atoms with Crippen LogP contribution in [0.3, 0.4) is 0 Å². The molecule has 0 fully saturated rings. The molecule has 0 aromatic rings. The van der Waals surface area contributed by atoms with Crippen molar-refractivity contribution in [1.82, 2.24) is 4.31 Å². The van der Waals surface area contributed by atoms with Crippen LogP contribution in [-0.2, 0) is 14.8 Å². The van der Waals surface area contributed by atoms with Gasteiger partial charge in [0.05, 0.1) is 5.41 Å². The van der Waals surface area contributed by atoms with Gasteiger partial charge in [-0.05, 0) is 18.6 Å². The predicted molar refractivity (Wildman–Crippen MR) is 52.3 cm³/mol. The molecule has 78 valence electrons. The second kappa shape index (κ2) is 4.28. The summed E-state index contributed by atoms with van der Waals surface area (Å²) in [5.74, 6) is -0.418. The summed E-state index contributed by atoms with van der Waals surface area (Å²) in [7, 11) is -3.31. The van der Waals surface area contributed by atoms with Crippen molar-refractivity contribution in [3.63, 3.8) is 0 Å². The van der Waals surface area contributed by atoms with Gasteiger partial charge in [0.2, 0.25) is 5.91 Å². The van der Waals surface area contributed by atoms with Crippen LogP contribution in [0.1, 0.15) is 12.8 Å². The molecule has 1 aliphatic heterocycles. The molecule has 0 saturated heterocycles. The number of primary amides is 1. The van der Waals surface area contributed by atoms with Crippen LogP contribution in [0.15, 0.2) is 23.8 Å². The number of rotatable bonds is 4. The highest BCUT2D eigenvalue weighted by atomic mass is 32.2. The van der Waals surface area contributed by atoms with Gasteiger partial charge < -0.3 is 5.73 Å². The van der Waals surface area contributed by atoms with Crippen LogP contribution in [0, 0.1) is 0 Å². The molecule has 0 saturated carbocycles. The van der Waals surface area contributed by atoms with E-state index in [1.54, 1.807) is 6.08 Å². The fourth-order valence-corrected chi connectivity index (χ4v) is 2.13. The molecule has 0 radical (unpaired) electrons. The zero-order valence-electron chi connectivity index (χ0n) is 7.59. The number of hydrogen-bond donors (Lipinski definition) is 1. The van der Waals surface area contributed by atoms with Crippen molar-refractivity contribution in [3.05, 3.63) is 23.8 Å². The molecule has 1 rings (SSSR count). The standard InChI is InChI=1S/C8H12N2O3S/c9-8(11)4-3-6-10-5-1-2-7-14(10,12)13/h1-2,5,7H,3-4,6H2,(H2,9,11). The fourth-order valence-electron chi connectivity index (χ4n) is 1.06. The van der Waals surface area contributed by atoms with E-state index in [4.69, 9.17) is 5.73 Å². The Kier molecular flexibility index (Phi) is 3.29. The number of amides is 1. The maximum Gasteiger partial charge on any atom is 0.256 e. The lowest BCUT2D eigenvalue weighted by Gasteiger charge is -2.19. The third-order valence-corrected chi connectivity index (χ3v) is 3.20. The Labute approximate surface area is 82.9 Å². The second-order valence-electron chi connectivity index (χ2n) is 2.90. The SMILES string of the molecule is NC(=O)CCCN1C=CC=CS1(=O)=O. The van der Waals surface area contributed by atoms with E-state index in [2.05, 4.69) is 0 Å². The lowest BCUT2D eigenvalue weighted by atomic mass is 10.3. The van der Waals surface area contributed by atoms with Crippen LogP contribution in [0.25, 0.3) is 0 Å². The Morgan fingerprint density at radius 3 is 2.64 bits per heavy atom. The van der Waals surface area contributed by atoms with Crippen LogP contribution in [0.2, 0.25) is 0 Å². The molecular formula is C8H12N2O3S. The monoisotopic (exact) mass is 216 g/mol. The largest absolute Gasteiger partial charge is 0.370 e. The molecule has 5 nitrogen and oxygen atoms in total. The van der Waals surface area contributed by atoms with E-state index in [0.29, 0.717) is 6.42 Å². The van der Waals surface area contributed by atoms with Gasteiger partial charge in [0.1, 0.15) is 0 Å². The summed E-state index contributed by atoms with van der Waals surface area (Å²) in [5.41, 5.74) is 4.94. The van der Waals surface area contributed by atoms with Crippen molar-refractivity contribution in [2.45, 2.75) is 12.8 Å². The highest BCUT2D eigenvalue weighted by Gasteiger charge is 2.16. The Morgan fingerprint density at radius 1 is 1.36 bits per heavy atom. The minimum atomic E-state index is -3.31. The number of nitrogens with two attached hydrogens (primary N) is 1. The molecule has 2 N–H and O–H groups in total. The number of allylic oxidation sites excluding steroid dienone is 2. The second-order valence-corrected chi connectivity index (χ2v) is 4.67. The predicted octanol–water partition coefficient (Wildman–Crippen LogP) is -0.0753. The molecular weight excluding hydrogens is 204 g/mol. The molecule has 1 aliphatic rings. The van der Waals surface area contributed by atoms with Crippen LogP contribution in [-0.4, -0.2) is 25.2 Å². The highest BCUT2D eigenvalue weighted by molar-refractivity contribution is 7.92. The third-order valence-electron chi connectivity index (χ3n) is 1.74. The third kappa shape index (κ3) is 2.88. The van der Waals surface area contributed by atoms with Crippen molar-refractivity contribution < 1.29 is 13.2 Å². The molecule has 1 amide bonds. The van der Waals surface area contributed by atoms with Gasteiger partial charge in [-0.3, -0.25) is 9.10 Å². The van der Waals surface area contributed by atoms with Gasteiger partial charge in [-0.25, -0.2) is 8.42 Å². The van der Waals surface area contributed by atoms with Gasteiger partial charge in [0, 0.05) is 19.2 Å². The minimum Gasteiger partial charge on any atom is -0.370 e. The molecule has 1 heterocycles. The van der Waals surface area contributed by atoms with Gasteiger partial charge in [-0.15, -0.1) is 0 Å². The first-order chi connectivity index (χ1) is 6.52. The van der Waals surface area contributed by atoms with Gasteiger partial charge >= 0.3 is 0 Å². The summed E-state index contributed by atoms with van der Waals surface area (Å²) >= 11 is 0. The van der Waals surface area contributed by atoms with E-state index >= 15 is 0 Å². The smallest absolute Gasteiger partial charge is 0.256 e. The van der Waals surface area contributed by atoms with E-state index in [1.165, 1.54) is 16.6 Å². The maximum absolute atomic E-state index is 11.3. The molecule has 0 aliphatic carbocycles. The average Bonchev–Trinajstić information content (AvgIpc) is 2.07. The molecule has 0 aromatic heterocycles. The number of sulfonamides is 1. The van der Waals surface area contributed by atoms with E-state index < -0.39 is 15.9 Å². The molecule has 0 aromatic carbocycles. The molecule has 14 heavy (non-hydrogen) atoms. The Balaban J connectivity index is 2.49. The first-order valence-corrected chi connectivity index (χ1v) is 5.68. The van der Waals surface area contributed by atoms with Gasteiger partial charge in [0.25, 0.3) is 10.0 Å². The summed E-state index contributed by atoms with van der Waals surface area (Å²) in [6.07, 6.45) is 5.19. The van der Waals surface area contributed by atoms with Crippen molar-refractivity contribution in [2.24, 2.45) is 5.73 Å². The lowest BCUT2D eigenvalue weighted by Crippen LogP contribution is -2.27. The summed E-state index contributed by atoms with van der Waals surface area (Å²) in [4.78, 5) is 10.4. The number of carbonyl (C=O) groups is 1. The molecule has 0 unspecified atom stereocenters. The van der Waals surface area contributed by atoms with E-state index in [9.17, 15) is 13.2 Å². The zero-order valence-corrected chi connectivity index (χ0v) is 8.40. The van der Waals surface area contributed by atoms with Gasteiger partial charge in [0.15, 0.2) is 0 Å². The van der Waals surface area contributed by atoms with Crippen molar-refractivity contribution in [1.29, 1.82) is 0 Å². The molecule has 0 bridgehead atoms. The van der Waals surface area contributed by atoms with Crippen molar-refractivity contribution in [3.8, 4) is 0 Å². The number of nitrogens with zero attached hydrogens (tertiary/aromatic N) is 1. The summed E-state index contributed by atoms with van der Waals surface area (Å²) in [6.45, 7) is 0.284. The topological polar surface area (TPSA) is 80.5 Å². The number of carbonyl (C=O) groups excluding carboxylic acids is 1. The average molecular weight is 216 g/mol. The van der Waals surface area contributed by atoms with Crippen LogP contribution in [0.4, 0.5) is 0 Å². The highest BCUT2D eigenvalue weighted by Crippen LogP contribution is 2.10. The fraction of sp³-hybridized carbons (Fsp3) is 0.375. The molecule has 6 heteroatoms. The van der Waals surface area contributed by atoms with E-state index in [-0.39, 0.29) is 13.0 Å². The Hall–Kier alpha value is -1.30. The number of hydrogen-bond acceptors (Lipinski definition) is 3. The van der Waals surface area contributed by atoms with Crippen molar-refractivity contribution in [2.75, 3.05) is 6.54 Å². The first-order valence-electron chi connectivity index (χ1n) is 4.17. The lowest BCUT2D eigenvalue weighted by molar-refractivity contribution is -0.118. The minimum absolute atomic E-state index is 0.198. The maximum atomic E-state index is 11.3. The van der Waals surface area contributed by atoms with Gasteiger partial charge in [-0.1, -0.05) is 0 Å². The zero-order chi connectivity index (χ0) is 10.6. The quantitative estimate of drug-likeness (QED) is 0.714. The normalized spacial score (nSPS) is 18.4. The van der Waals surface area contributed by atoms with E-state index in [1.807, 2.05) is 0 Å². The molecule has 0 spiro atoms. The van der Waals surface area contributed by atoms with Crippen LogP contribution in [0.5, 0.6) is 0 Å². The summed E-state index contributed by atoms with van der Waals surface area (Å²) in [5, 5.41) is 1.12. The summed E-state index contributed by atoms with van der Waals surface area (Å²) < 4.78 is 23.8. The Bertz CT molecular complexity index is 370. The van der Waals surface area contributed by atoms with Crippen molar-refractivity contribution >= 4 is 15.9 Å². The van der Waals surface area contributed by atoms with E-state index in [0.717, 1.165) is 5.41 Å². The first kappa shape index (κ1) is 10.8. The Morgan fingerprint density at radius 2 is 2.07 bits per heavy atom. The van der Waals surface area contributed by atoms with Crippen LogP contribution >= 0.6 is 0 Å². The summed E-state index contributed by atoms with van der Waals surface area (Å²) in [6, 6.07) is 0. The van der Waals surface area contributed by atoms with Gasteiger partial charge in [-0.2, -0.15) is 0 Å². The van der Waals surface area contributed by atoms with Crippen LogP contribution < -0.4 is 5.73 Å².